The van der Waals surface area contributed by atoms with Crippen LogP contribution in [-0.4, -0.2) is 44.2 Å². The highest BCUT2D eigenvalue weighted by atomic mass is 35.5. The summed E-state index contributed by atoms with van der Waals surface area (Å²) in [5.74, 6) is 0.668. The number of likely N-dealkylation sites (N-methyl/N-ethyl adjacent to an activating group) is 1. The van der Waals surface area contributed by atoms with Crippen LogP contribution in [0.5, 0.6) is 11.5 Å². The second-order valence-corrected chi connectivity index (χ2v) is 8.96. The van der Waals surface area contributed by atoms with Gasteiger partial charge in [-0.1, -0.05) is 18.5 Å². The number of benzene rings is 2. The molecule has 1 aliphatic rings. The van der Waals surface area contributed by atoms with Crippen LogP contribution < -0.4 is 19.7 Å². The molecular formula is C30H30ClN3O5. The summed E-state index contributed by atoms with van der Waals surface area (Å²) >= 11 is 6.40. The monoisotopic (exact) mass is 547 g/mol. The van der Waals surface area contributed by atoms with Gasteiger partial charge in [-0.3, -0.25) is 9.59 Å². The summed E-state index contributed by atoms with van der Waals surface area (Å²) in [4.78, 5) is 32.2. The lowest BCUT2D eigenvalue weighted by molar-refractivity contribution is -0.112. The summed E-state index contributed by atoms with van der Waals surface area (Å²) in [6.07, 6.45) is 3.45. The number of Topliss-reactive ketones (excluding diaryl/α,β-unsaturated/α-hetero) is 1. The van der Waals surface area contributed by atoms with Crippen LogP contribution in [0.25, 0.3) is 0 Å². The van der Waals surface area contributed by atoms with Crippen molar-refractivity contribution in [2.75, 3.05) is 31.7 Å². The number of carbonyl (C=O) groups excluding carboxylic acids is 2. The largest absolute Gasteiger partial charge is 0.497 e. The van der Waals surface area contributed by atoms with Gasteiger partial charge in [0.2, 0.25) is 5.78 Å². The van der Waals surface area contributed by atoms with Gasteiger partial charge in [0.15, 0.2) is 5.76 Å². The lowest BCUT2D eigenvalue weighted by Crippen LogP contribution is -2.31. The maximum Gasteiger partial charge on any atom is 0.291 e. The van der Waals surface area contributed by atoms with Crippen LogP contribution in [0.4, 0.5) is 11.4 Å². The zero-order valence-corrected chi connectivity index (χ0v) is 22.8. The molecule has 0 bridgehead atoms. The number of halogens is 1. The first kappa shape index (κ1) is 27.7. The smallest absolute Gasteiger partial charge is 0.291 e. The van der Waals surface area contributed by atoms with Crippen LogP contribution in [0, 0.1) is 0 Å². The third-order valence-electron chi connectivity index (χ3n) is 6.18. The van der Waals surface area contributed by atoms with Gasteiger partial charge in [0.1, 0.15) is 18.1 Å². The molecular weight excluding hydrogens is 518 g/mol. The van der Waals surface area contributed by atoms with Crippen molar-refractivity contribution >= 4 is 40.4 Å². The lowest BCUT2D eigenvalue weighted by atomic mass is 9.97. The Morgan fingerprint density at radius 3 is 2.38 bits per heavy atom. The first-order valence-corrected chi connectivity index (χ1v) is 13.0. The first-order chi connectivity index (χ1) is 18.9. The van der Waals surface area contributed by atoms with Gasteiger partial charge in [-0.05, 0) is 80.1 Å². The molecule has 1 amide bonds. The van der Waals surface area contributed by atoms with Gasteiger partial charge in [-0.2, -0.15) is 0 Å². The van der Waals surface area contributed by atoms with E-state index in [0.717, 1.165) is 23.7 Å². The standard InChI is InChI=1S/C30H30ClN3O5/c1-4-24-25(19-26(29(35)28(24)31)33-30(36)27-7-6-17-39-27)32-20-8-10-21(11-9-20)34(5-2)16-18-38-23-14-12-22(37-3)13-15-23/h6-15,17,19H,4-5,16,18H2,1-3H3,(H,33,36). The number of hydrogen-bond acceptors (Lipinski definition) is 7. The Morgan fingerprint density at radius 1 is 1.05 bits per heavy atom. The predicted molar refractivity (Wildman–Crippen MR) is 152 cm³/mol. The number of rotatable bonds is 11. The minimum absolute atomic E-state index is 0.0409. The number of allylic oxidation sites excluding steroid dienone is 3. The number of aliphatic imine (C=N–C) groups is 1. The van der Waals surface area contributed by atoms with Crippen molar-refractivity contribution in [1.82, 2.24) is 5.32 Å². The van der Waals surface area contributed by atoms with Crippen molar-refractivity contribution < 1.29 is 23.5 Å². The number of anilines is 1. The molecule has 4 rings (SSSR count). The van der Waals surface area contributed by atoms with Gasteiger partial charge in [0, 0.05) is 17.8 Å². The van der Waals surface area contributed by atoms with E-state index in [1.54, 1.807) is 19.3 Å². The van der Waals surface area contributed by atoms with Crippen molar-refractivity contribution in [3.8, 4) is 11.5 Å². The van der Waals surface area contributed by atoms with Crippen LogP contribution in [0.1, 0.15) is 30.8 Å². The zero-order chi connectivity index (χ0) is 27.8. The summed E-state index contributed by atoms with van der Waals surface area (Å²) in [7, 11) is 1.63. The van der Waals surface area contributed by atoms with Gasteiger partial charge >= 0.3 is 0 Å². The molecule has 39 heavy (non-hydrogen) atoms. The van der Waals surface area contributed by atoms with E-state index >= 15 is 0 Å². The minimum Gasteiger partial charge on any atom is -0.497 e. The molecule has 1 N–H and O–H groups in total. The van der Waals surface area contributed by atoms with Crippen molar-refractivity contribution in [3.05, 3.63) is 95.1 Å². The highest BCUT2D eigenvalue weighted by Crippen LogP contribution is 2.28. The Hall–Kier alpha value is -4.30. The van der Waals surface area contributed by atoms with E-state index in [4.69, 9.17) is 30.5 Å². The molecule has 0 aliphatic heterocycles. The molecule has 2 aromatic carbocycles. The third-order valence-corrected chi connectivity index (χ3v) is 6.58. The van der Waals surface area contributed by atoms with E-state index in [9.17, 15) is 9.59 Å². The molecule has 0 fully saturated rings. The van der Waals surface area contributed by atoms with E-state index in [2.05, 4.69) is 17.1 Å². The van der Waals surface area contributed by atoms with E-state index in [-0.39, 0.29) is 16.5 Å². The van der Waals surface area contributed by atoms with Crippen LogP contribution in [-0.2, 0) is 4.79 Å². The third kappa shape index (κ3) is 6.78. The van der Waals surface area contributed by atoms with Crippen molar-refractivity contribution in [2.45, 2.75) is 20.3 Å². The van der Waals surface area contributed by atoms with Crippen LogP contribution in [0.15, 0.2) is 98.7 Å². The number of nitrogens with zero attached hydrogens (tertiary/aromatic N) is 2. The Bertz CT molecular complexity index is 1390. The molecule has 1 heterocycles. The molecule has 3 aromatic rings. The minimum atomic E-state index is -0.539. The number of carbonyl (C=O) groups is 2. The van der Waals surface area contributed by atoms with Crippen molar-refractivity contribution in [3.63, 3.8) is 0 Å². The number of amides is 1. The molecule has 9 heteroatoms. The SMILES string of the molecule is CCC1=C(Cl)C(=O)C(NC(=O)c2ccco2)=CC1=Nc1ccc(N(CC)CCOc2ccc(OC)cc2)cc1. The topological polar surface area (TPSA) is 93.4 Å². The van der Waals surface area contributed by atoms with E-state index in [1.165, 1.54) is 12.3 Å². The summed E-state index contributed by atoms with van der Waals surface area (Å²) in [6, 6.07) is 18.4. The molecule has 1 aromatic heterocycles. The van der Waals surface area contributed by atoms with E-state index < -0.39 is 11.7 Å². The molecule has 202 valence electrons. The summed E-state index contributed by atoms with van der Waals surface area (Å²) < 4.78 is 16.2. The Kier molecular flexibility index (Phi) is 9.22. The lowest BCUT2D eigenvalue weighted by Gasteiger charge is -2.23. The number of nitrogens with one attached hydrogen (secondary N) is 1. The Labute approximate surface area is 232 Å². The maximum absolute atomic E-state index is 12.8. The maximum atomic E-state index is 12.8. The van der Waals surface area contributed by atoms with Gasteiger partial charge < -0.3 is 24.1 Å². The van der Waals surface area contributed by atoms with Crippen molar-refractivity contribution in [1.29, 1.82) is 0 Å². The molecule has 0 spiro atoms. The van der Waals surface area contributed by atoms with Gasteiger partial charge in [0.05, 0.1) is 42.0 Å². The summed E-state index contributed by atoms with van der Waals surface area (Å²) in [6.45, 7) is 6.03. The molecule has 0 saturated carbocycles. The van der Waals surface area contributed by atoms with Crippen LogP contribution >= 0.6 is 11.6 Å². The zero-order valence-electron chi connectivity index (χ0n) is 22.1. The summed E-state index contributed by atoms with van der Waals surface area (Å²) in [5.41, 5.74) is 2.90. The van der Waals surface area contributed by atoms with Gasteiger partial charge in [-0.25, -0.2) is 4.99 Å². The second kappa shape index (κ2) is 13.0. The fourth-order valence-corrected chi connectivity index (χ4v) is 4.40. The van der Waals surface area contributed by atoms with Crippen LogP contribution in [0.2, 0.25) is 0 Å². The number of furan rings is 1. The number of hydrogen-bond donors (Lipinski definition) is 1. The van der Waals surface area contributed by atoms with Gasteiger partial charge in [0.25, 0.3) is 5.91 Å². The molecule has 1 aliphatic carbocycles. The highest BCUT2D eigenvalue weighted by molar-refractivity contribution is 6.49. The van der Waals surface area contributed by atoms with E-state index in [1.807, 2.05) is 55.5 Å². The fourth-order valence-electron chi connectivity index (χ4n) is 4.07. The average molecular weight is 548 g/mol. The molecule has 0 unspecified atom stereocenters. The Morgan fingerprint density at radius 2 is 1.77 bits per heavy atom. The second-order valence-electron chi connectivity index (χ2n) is 8.58. The highest BCUT2D eigenvalue weighted by Gasteiger charge is 2.27. The van der Waals surface area contributed by atoms with Crippen LogP contribution in [0.3, 0.4) is 0 Å². The molecule has 8 nitrogen and oxygen atoms in total. The molecule has 0 atom stereocenters. The molecule has 0 saturated heterocycles. The normalized spacial score (nSPS) is 14.3. The van der Waals surface area contributed by atoms with E-state index in [0.29, 0.717) is 36.5 Å². The quantitative estimate of drug-likeness (QED) is 0.293. The van der Waals surface area contributed by atoms with Crippen molar-refractivity contribution in [2.24, 2.45) is 4.99 Å². The number of methoxy groups -OCH3 is 1. The number of ketones is 1. The fraction of sp³-hybridized carbons (Fsp3) is 0.233. The first-order valence-electron chi connectivity index (χ1n) is 12.6. The Balaban J connectivity index is 1.46. The predicted octanol–water partition coefficient (Wildman–Crippen LogP) is 6.07. The average Bonchev–Trinajstić information content (AvgIpc) is 3.50. The summed E-state index contributed by atoms with van der Waals surface area (Å²) in [5, 5.41) is 2.63. The van der Waals surface area contributed by atoms with Gasteiger partial charge in [-0.15, -0.1) is 0 Å². The molecule has 0 radical (unpaired) electrons. The number of ether oxygens (including phenoxy) is 2.